The Morgan fingerprint density at radius 1 is 1.56 bits per heavy atom. The molecule has 0 aliphatic carbocycles. The Kier molecular flexibility index (Phi) is 5.73. The van der Waals surface area contributed by atoms with Gasteiger partial charge in [-0.05, 0) is 12.3 Å². The Morgan fingerprint density at radius 2 is 2.31 bits per heavy atom. The predicted molar refractivity (Wildman–Crippen MR) is 61.0 cm³/mol. The van der Waals surface area contributed by atoms with E-state index in [4.69, 9.17) is 15.2 Å². The quantitative estimate of drug-likeness (QED) is 0.667. The second kappa shape index (κ2) is 6.83. The van der Waals surface area contributed by atoms with Crippen LogP contribution in [-0.2, 0) is 14.3 Å². The fourth-order valence-corrected chi connectivity index (χ4v) is 1.90. The van der Waals surface area contributed by atoms with Gasteiger partial charge in [0.15, 0.2) is 0 Å². The van der Waals surface area contributed by atoms with Crippen molar-refractivity contribution < 1.29 is 14.3 Å². The standard InChI is InChI=1S/C11H22N2O3/c1-9-3-5-13(7-10(9)15-2)11(14)8-16-6-4-12/h9-10H,3-8,12H2,1-2H3. The van der Waals surface area contributed by atoms with Crippen LogP contribution < -0.4 is 5.73 Å². The van der Waals surface area contributed by atoms with E-state index in [0.29, 0.717) is 25.6 Å². The minimum atomic E-state index is 0.0300. The van der Waals surface area contributed by atoms with E-state index in [2.05, 4.69) is 6.92 Å². The number of methoxy groups -OCH3 is 1. The normalized spacial score (nSPS) is 25.8. The lowest BCUT2D eigenvalue weighted by atomic mass is 9.96. The molecule has 0 aromatic heterocycles. The number of piperidine rings is 1. The van der Waals surface area contributed by atoms with E-state index in [1.54, 1.807) is 7.11 Å². The summed E-state index contributed by atoms with van der Waals surface area (Å²) in [5.74, 6) is 0.543. The van der Waals surface area contributed by atoms with E-state index in [1.165, 1.54) is 0 Å². The fourth-order valence-electron chi connectivity index (χ4n) is 1.90. The van der Waals surface area contributed by atoms with Crippen LogP contribution in [0.1, 0.15) is 13.3 Å². The lowest BCUT2D eigenvalue weighted by molar-refractivity contribution is -0.141. The molecule has 1 rings (SSSR count). The molecule has 2 unspecified atom stereocenters. The highest BCUT2D eigenvalue weighted by Gasteiger charge is 2.28. The van der Waals surface area contributed by atoms with Gasteiger partial charge in [-0.15, -0.1) is 0 Å². The summed E-state index contributed by atoms with van der Waals surface area (Å²) in [5, 5.41) is 0. The van der Waals surface area contributed by atoms with Crippen LogP contribution in [0, 0.1) is 5.92 Å². The van der Waals surface area contributed by atoms with Crippen molar-refractivity contribution >= 4 is 5.91 Å². The Bertz CT molecular complexity index is 223. The molecule has 1 amide bonds. The molecule has 1 heterocycles. The number of ether oxygens (including phenoxy) is 2. The van der Waals surface area contributed by atoms with Crippen LogP contribution in [0.2, 0.25) is 0 Å². The molecule has 5 heteroatoms. The Labute approximate surface area is 96.9 Å². The first kappa shape index (κ1) is 13.4. The summed E-state index contributed by atoms with van der Waals surface area (Å²) in [4.78, 5) is 13.6. The van der Waals surface area contributed by atoms with Crippen molar-refractivity contribution in [1.29, 1.82) is 0 Å². The van der Waals surface area contributed by atoms with Crippen molar-refractivity contribution in [3.8, 4) is 0 Å². The van der Waals surface area contributed by atoms with Crippen LogP contribution in [0.25, 0.3) is 0 Å². The lowest BCUT2D eigenvalue weighted by Gasteiger charge is -2.36. The van der Waals surface area contributed by atoms with Gasteiger partial charge in [-0.25, -0.2) is 0 Å². The highest BCUT2D eigenvalue weighted by atomic mass is 16.5. The van der Waals surface area contributed by atoms with Gasteiger partial charge in [0.1, 0.15) is 6.61 Å². The van der Waals surface area contributed by atoms with E-state index in [0.717, 1.165) is 13.0 Å². The summed E-state index contributed by atoms with van der Waals surface area (Å²) >= 11 is 0. The number of rotatable bonds is 5. The predicted octanol–water partition coefficient (Wildman–Crippen LogP) is -0.155. The number of likely N-dealkylation sites (tertiary alicyclic amines) is 1. The molecule has 1 fully saturated rings. The number of nitrogens with two attached hydrogens (primary N) is 1. The molecule has 0 bridgehead atoms. The summed E-state index contributed by atoms with van der Waals surface area (Å²) < 4.78 is 10.5. The van der Waals surface area contributed by atoms with E-state index in [9.17, 15) is 4.79 Å². The van der Waals surface area contributed by atoms with E-state index in [1.807, 2.05) is 4.90 Å². The van der Waals surface area contributed by atoms with Crippen LogP contribution in [-0.4, -0.2) is 56.9 Å². The molecular weight excluding hydrogens is 208 g/mol. The summed E-state index contributed by atoms with van der Waals surface area (Å²) in [6.45, 7) is 4.63. The van der Waals surface area contributed by atoms with Gasteiger partial charge in [0.05, 0.1) is 12.7 Å². The zero-order valence-corrected chi connectivity index (χ0v) is 10.1. The van der Waals surface area contributed by atoms with Gasteiger partial charge in [0.25, 0.3) is 0 Å². The maximum absolute atomic E-state index is 11.7. The summed E-state index contributed by atoms with van der Waals surface area (Å²) in [7, 11) is 1.69. The maximum Gasteiger partial charge on any atom is 0.248 e. The molecule has 5 nitrogen and oxygen atoms in total. The highest BCUT2D eigenvalue weighted by Crippen LogP contribution is 2.19. The third-order valence-electron chi connectivity index (χ3n) is 3.03. The molecule has 0 spiro atoms. The molecule has 1 saturated heterocycles. The third kappa shape index (κ3) is 3.73. The van der Waals surface area contributed by atoms with Crippen LogP contribution in [0.5, 0.6) is 0 Å². The van der Waals surface area contributed by atoms with Crippen LogP contribution in [0.15, 0.2) is 0 Å². The summed E-state index contributed by atoms with van der Waals surface area (Å²) in [6, 6.07) is 0. The SMILES string of the molecule is COC1CN(C(=O)COCCN)CCC1C. The van der Waals surface area contributed by atoms with Crippen molar-refractivity contribution in [1.82, 2.24) is 4.90 Å². The van der Waals surface area contributed by atoms with E-state index < -0.39 is 0 Å². The molecular formula is C11H22N2O3. The number of nitrogens with zero attached hydrogens (tertiary/aromatic N) is 1. The highest BCUT2D eigenvalue weighted by molar-refractivity contribution is 5.77. The topological polar surface area (TPSA) is 64.8 Å². The number of amides is 1. The smallest absolute Gasteiger partial charge is 0.248 e. The van der Waals surface area contributed by atoms with Crippen molar-refractivity contribution in [2.75, 3.05) is 40.0 Å². The van der Waals surface area contributed by atoms with Gasteiger partial charge in [-0.2, -0.15) is 0 Å². The average molecular weight is 230 g/mol. The van der Waals surface area contributed by atoms with Gasteiger partial charge in [0, 0.05) is 26.7 Å². The van der Waals surface area contributed by atoms with Gasteiger partial charge in [0.2, 0.25) is 5.91 Å². The van der Waals surface area contributed by atoms with Gasteiger partial charge < -0.3 is 20.1 Å². The van der Waals surface area contributed by atoms with Crippen molar-refractivity contribution in [2.45, 2.75) is 19.4 Å². The monoisotopic (exact) mass is 230 g/mol. The van der Waals surface area contributed by atoms with Crippen molar-refractivity contribution in [3.63, 3.8) is 0 Å². The lowest BCUT2D eigenvalue weighted by Crippen LogP contribution is -2.47. The molecule has 0 saturated carbocycles. The zero-order valence-electron chi connectivity index (χ0n) is 10.1. The molecule has 1 aliphatic heterocycles. The average Bonchev–Trinajstić information content (AvgIpc) is 2.30. The second-order valence-corrected chi connectivity index (χ2v) is 4.22. The van der Waals surface area contributed by atoms with E-state index >= 15 is 0 Å². The Hall–Kier alpha value is -0.650. The molecule has 0 radical (unpaired) electrons. The van der Waals surface area contributed by atoms with Crippen LogP contribution in [0.4, 0.5) is 0 Å². The third-order valence-corrected chi connectivity index (χ3v) is 3.03. The molecule has 16 heavy (non-hydrogen) atoms. The first-order valence-electron chi connectivity index (χ1n) is 5.77. The van der Waals surface area contributed by atoms with Gasteiger partial charge in [-0.1, -0.05) is 6.92 Å². The molecule has 1 aliphatic rings. The number of hydrogen-bond donors (Lipinski definition) is 1. The van der Waals surface area contributed by atoms with E-state index in [-0.39, 0.29) is 18.6 Å². The van der Waals surface area contributed by atoms with Gasteiger partial charge >= 0.3 is 0 Å². The number of carbonyl (C=O) groups is 1. The first-order valence-corrected chi connectivity index (χ1v) is 5.77. The number of hydrogen-bond acceptors (Lipinski definition) is 4. The molecule has 94 valence electrons. The number of carbonyl (C=O) groups excluding carboxylic acids is 1. The Morgan fingerprint density at radius 3 is 2.94 bits per heavy atom. The Balaban J connectivity index is 2.33. The minimum Gasteiger partial charge on any atom is -0.379 e. The maximum atomic E-state index is 11.7. The molecule has 2 atom stereocenters. The first-order chi connectivity index (χ1) is 7.69. The summed E-state index contributed by atoms with van der Waals surface area (Å²) in [6.07, 6.45) is 1.13. The van der Waals surface area contributed by atoms with Crippen LogP contribution in [0.3, 0.4) is 0 Å². The minimum absolute atomic E-state index is 0.0300. The largest absolute Gasteiger partial charge is 0.379 e. The molecule has 2 N–H and O–H groups in total. The molecule has 0 aromatic carbocycles. The van der Waals surface area contributed by atoms with Gasteiger partial charge in [-0.3, -0.25) is 4.79 Å². The molecule has 0 aromatic rings. The van der Waals surface area contributed by atoms with Crippen molar-refractivity contribution in [3.05, 3.63) is 0 Å². The van der Waals surface area contributed by atoms with Crippen molar-refractivity contribution in [2.24, 2.45) is 11.7 Å². The summed E-state index contributed by atoms with van der Waals surface area (Å²) in [5.41, 5.74) is 5.29. The fraction of sp³-hybridized carbons (Fsp3) is 0.909. The zero-order chi connectivity index (χ0) is 12.0. The van der Waals surface area contributed by atoms with Crippen LogP contribution >= 0.6 is 0 Å². The second-order valence-electron chi connectivity index (χ2n) is 4.22.